The number of para-hydroxylation sites is 1. The van der Waals surface area contributed by atoms with Crippen LogP contribution in [0.25, 0.3) is 5.57 Å². The van der Waals surface area contributed by atoms with E-state index >= 15 is 0 Å². The lowest BCUT2D eigenvalue weighted by atomic mass is 9.78. The Morgan fingerprint density at radius 1 is 0.829 bits per heavy atom. The van der Waals surface area contributed by atoms with Gasteiger partial charge in [0.2, 0.25) is 0 Å². The summed E-state index contributed by atoms with van der Waals surface area (Å²) in [5, 5.41) is 0. The Morgan fingerprint density at radius 3 is 2.06 bits per heavy atom. The van der Waals surface area contributed by atoms with E-state index in [0.29, 0.717) is 24.2 Å². The van der Waals surface area contributed by atoms with Gasteiger partial charge in [0, 0.05) is 11.9 Å². The van der Waals surface area contributed by atoms with Gasteiger partial charge in [0.05, 0.1) is 23.0 Å². The summed E-state index contributed by atoms with van der Waals surface area (Å²) in [7, 11) is -0.496. The summed E-state index contributed by atoms with van der Waals surface area (Å²) >= 11 is 0. The second kappa shape index (κ2) is 10.5. The highest BCUT2D eigenvalue weighted by molar-refractivity contribution is 6.48. The first-order valence-corrected chi connectivity index (χ1v) is 11.8. The van der Waals surface area contributed by atoms with Gasteiger partial charge in [-0.15, -0.1) is 0 Å². The second-order valence-electron chi connectivity index (χ2n) is 9.57. The number of carbonyl (C=O) groups is 1. The van der Waals surface area contributed by atoms with Crippen LogP contribution in [0.5, 0.6) is 5.75 Å². The van der Waals surface area contributed by atoms with Gasteiger partial charge in [-0.25, -0.2) is 4.79 Å². The number of hydrogen-bond donors (Lipinski definition) is 0. The predicted octanol–water partition coefficient (Wildman–Crippen LogP) is 6.56. The first-order valence-electron chi connectivity index (χ1n) is 11.8. The molecular formula is C29H31BO5. The van der Waals surface area contributed by atoms with Gasteiger partial charge < -0.3 is 18.8 Å². The molecule has 1 aliphatic heterocycles. The van der Waals surface area contributed by atoms with Crippen LogP contribution in [0.4, 0.5) is 0 Å². The van der Waals surface area contributed by atoms with Gasteiger partial charge in [0.25, 0.3) is 0 Å². The molecule has 0 aromatic heterocycles. The summed E-state index contributed by atoms with van der Waals surface area (Å²) in [6, 6.07) is 26.6. The van der Waals surface area contributed by atoms with Crippen LogP contribution in [-0.2, 0) is 20.7 Å². The first kappa shape index (κ1) is 24.8. The molecule has 0 atom stereocenters. The third-order valence-corrected chi connectivity index (χ3v) is 6.48. The third-order valence-electron chi connectivity index (χ3n) is 6.48. The van der Waals surface area contributed by atoms with Crippen LogP contribution in [0.15, 0.2) is 91.2 Å². The van der Waals surface area contributed by atoms with Crippen molar-refractivity contribution in [3.05, 3.63) is 108 Å². The summed E-state index contributed by atoms with van der Waals surface area (Å²) in [6.45, 7) is 8.49. The Labute approximate surface area is 207 Å². The summed E-state index contributed by atoms with van der Waals surface area (Å²) < 4.78 is 24.3. The number of hydrogen-bond acceptors (Lipinski definition) is 5. The minimum absolute atomic E-state index is 0.390. The Hall–Kier alpha value is -3.35. The first-order chi connectivity index (χ1) is 16.7. The fourth-order valence-electron chi connectivity index (χ4n) is 3.81. The molecule has 1 fully saturated rings. The van der Waals surface area contributed by atoms with Crippen LogP contribution in [0.1, 0.15) is 49.2 Å². The van der Waals surface area contributed by atoms with Crippen molar-refractivity contribution in [3.63, 3.8) is 0 Å². The summed E-state index contributed by atoms with van der Waals surface area (Å²) in [6.07, 6.45) is 1.88. The number of allylic oxidation sites excluding steroid dienone is 1. The van der Waals surface area contributed by atoms with Gasteiger partial charge in [0.1, 0.15) is 12.4 Å². The topological polar surface area (TPSA) is 54.0 Å². The highest BCUT2D eigenvalue weighted by Gasteiger charge is 2.51. The van der Waals surface area contributed by atoms with Crippen LogP contribution in [0.3, 0.4) is 0 Å². The maximum Gasteiger partial charge on any atom is 0.462 e. The molecule has 3 aromatic carbocycles. The van der Waals surface area contributed by atoms with Gasteiger partial charge in [-0.1, -0.05) is 66.7 Å². The van der Waals surface area contributed by atoms with Crippen LogP contribution in [0, 0.1) is 0 Å². The fourth-order valence-corrected chi connectivity index (χ4v) is 3.81. The zero-order valence-corrected chi connectivity index (χ0v) is 20.7. The van der Waals surface area contributed by atoms with Crippen molar-refractivity contribution in [1.82, 2.24) is 0 Å². The van der Waals surface area contributed by atoms with E-state index in [1.807, 2.05) is 88.4 Å². The van der Waals surface area contributed by atoms with Gasteiger partial charge in [0.15, 0.2) is 0 Å². The summed E-state index contributed by atoms with van der Waals surface area (Å²) in [4.78, 5) is 12.7. The largest absolute Gasteiger partial charge is 0.488 e. The third kappa shape index (κ3) is 6.02. The molecule has 0 bridgehead atoms. The molecule has 0 radical (unpaired) electrons. The minimum atomic E-state index is -0.496. The molecular weight excluding hydrogens is 439 g/mol. The highest BCUT2D eigenvalue weighted by atomic mass is 16.7. The molecule has 1 heterocycles. The van der Waals surface area contributed by atoms with E-state index in [0.717, 1.165) is 16.7 Å². The van der Waals surface area contributed by atoms with Crippen molar-refractivity contribution in [3.8, 4) is 5.75 Å². The molecule has 0 saturated carbocycles. The maximum atomic E-state index is 12.7. The Kier molecular flexibility index (Phi) is 7.44. The molecule has 0 spiro atoms. The Balaban J connectivity index is 1.61. The Morgan fingerprint density at radius 2 is 1.40 bits per heavy atom. The zero-order chi connectivity index (χ0) is 24.9. The van der Waals surface area contributed by atoms with Crippen LogP contribution >= 0.6 is 0 Å². The zero-order valence-electron chi connectivity index (χ0n) is 20.7. The van der Waals surface area contributed by atoms with Crippen molar-refractivity contribution in [2.45, 2.75) is 51.8 Å². The van der Waals surface area contributed by atoms with E-state index < -0.39 is 24.3 Å². The number of ether oxygens (including phenoxy) is 2. The highest BCUT2D eigenvalue weighted by Crippen LogP contribution is 2.40. The van der Waals surface area contributed by atoms with Crippen molar-refractivity contribution >= 4 is 18.7 Å². The maximum absolute atomic E-state index is 12.7. The summed E-state index contributed by atoms with van der Waals surface area (Å²) in [5.41, 5.74) is 2.18. The Bertz CT molecular complexity index is 1160. The average Bonchev–Trinajstić information content (AvgIpc) is 3.07. The smallest absolute Gasteiger partial charge is 0.462 e. The van der Waals surface area contributed by atoms with Crippen molar-refractivity contribution in [1.29, 1.82) is 0 Å². The normalized spacial score (nSPS) is 16.7. The molecule has 0 aliphatic carbocycles. The van der Waals surface area contributed by atoms with Crippen molar-refractivity contribution in [2.24, 2.45) is 0 Å². The predicted molar refractivity (Wildman–Crippen MR) is 138 cm³/mol. The second-order valence-corrected chi connectivity index (χ2v) is 9.57. The average molecular weight is 470 g/mol. The SMILES string of the molecule is CC1(C)OB(C/C(=C\OC(=O)c2ccccc2)c2ccccc2OCc2ccccc2)OC1(C)C. The van der Waals surface area contributed by atoms with Crippen molar-refractivity contribution in [2.75, 3.05) is 0 Å². The molecule has 3 aromatic rings. The van der Waals surface area contributed by atoms with E-state index in [1.165, 1.54) is 6.26 Å². The van der Waals surface area contributed by atoms with Gasteiger partial charge in [-0.2, -0.15) is 0 Å². The van der Waals surface area contributed by atoms with Crippen molar-refractivity contribution < 1.29 is 23.6 Å². The lowest BCUT2D eigenvalue weighted by molar-refractivity contribution is 0.00578. The van der Waals surface area contributed by atoms with E-state index in [9.17, 15) is 4.79 Å². The molecule has 1 saturated heterocycles. The van der Waals surface area contributed by atoms with Crippen LogP contribution in [-0.4, -0.2) is 24.3 Å². The lowest BCUT2D eigenvalue weighted by Gasteiger charge is -2.32. The molecule has 1 aliphatic rings. The summed E-state index contributed by atoms with van der Waals surface area (Å²) in [5.74, 6) is 0.259. The molecule has 4 rings (SSSR count). The lowest BCUT2D eigenvalue weighted by Crippen LogP contribution is -2.41. The molecule has 0 N–H and O–H groups in total. The molecule has 180 valence electrons. The minimum Gasteiger partial charge on any atom is -0.488 e. The molecule has 6 heteroatoms. The van der Waals surface area contributed by atoms with E-state index in [-0.39, 0.29) is 0 Å². The quantitative estimate of drug-likeness (QED) is 0.212. The number of esters is 1. The molecule has 0 unspecified atom stereocenters. The molecule has 5 nitrogen and oxygen atoms in total. The fraction of sp³-hybridized carbons (Fsp3) is 0.276. The number of benzene rings is 3. The molecule has 35 heavy (non-hydrogen) atoms. The van der Waals surface area contributed by atoms with Gasteiger partial charge >= 0.3 is 13.1 Å². The van der Waals surface area contributed by atoms with Gasteiger partial charge in [-0.3, -0.25) is 0 Å². The van der Waals surface area contributed by atoms with E-state index in [4.69, 9.17) is 18.8 Å². The number of carbonyl (C=O) groups excluding carboxylic acids is 1. The standard InChI is InChI=1S/C29H31BO5/c1-28(2)29(3,4)35-30(34-28)19-24(21-33-27(31)23-15-9-6-10-16-23)25-17-11-12-18-26(25)32-20-22-13-7-5-8-14-22/h5-18,21H,19-20H2,1-4H3/b24-21+. The molecule has 0 amide bonds. The van der Waals surface area contributed by atoms with E-state index in [1.54, 1.807) is 24.3 Å². The van der Waals surface area contributed by atoms with Crippen LogP contribution in [0.2, 0.25) is 6.32 Å². The monoisotopic (exact) mass is 470 g/mol. The van der Waals surface area contributed by atoms with E-state index in [2.05, 4.69) is 0 Å². The van der Waals surface area contributed by atoms with Crippen LogP contribution < -0.4 is 4.74 Å². The van der Waals surface area contributed by atoms with Gasteiger partial charge in [-0.05, 0) is 57.0 Å². The number of rotatable bonds is 8.